The number of rotatable bonds is 6. The minimum atomic E-state index is -2.71. The van der Waals surface area contributed by atoms with Crippen LogP contribution in [0.15, 0.2) is 0 Å². The lowest BCUT2D eigenvalue weighted by molar-refractivity contribution is -0.201. The van der Waals surface area contributed by atoms with E-state index in [0.717, 1.165) is 0 Å². The van der Waals surface area contributed by atoms with Crippen LogP contribution in [-0.4, -0.2) is 23.9 Å². The maximum atomic E-state index is 12.1. The number of hydrogen-bond acceptors (Lipinski definition) is 2. The molecule has 0 aromatic heterocycles. The fourth-order valence-corrected chi connectivity index (χ4v) is 1.51. The third-order valence-corrected chi connectivity index (χ3v) is 2.12. The molecule has 2 nitrogen and oxygen atoms in total. The first-order valence-corrected chi connectivity index (χ1v) is 5.66. The van der Waals surface area contributed by atoms with Crippen molar-refractivity contribution in [2.75, 3.05) is 0 Å². The topological polar surface area (TPSA) is 18.5 Å². The molecule has 4 heteroatoms. The zero-order valence-corrected chi connectivity index (χ0v) is 11.1. The molecule has 0 aliphatic rings. The van der Waals surface area contributed by atoms with Crippen LogP contribution in [0.3, 0.4) is 0 Å². The van der Waals surface area contributed by atoms with Crippen molar-refractivity contribution in [3.05, 3.63) is 0 Å². The van der Waals surface area contributed by atoms with Crippen molar-refractivity contribution in [1.82, 2.24) is 0 Å². The van der Waals surface area contributed by atoms with Gasteiger partial charge in [-0.2, -0.15) is 8.78 Å². The van der Waals surface area contributed by atoms with Crippen molar-refractivity contribution in [3.63, 3.8) is 0 Å². The Labute approximate surface area is 97.3 Å². The Balaban J connectivity index is 3.95. The van der Waals surface area contributed by atoms with Gasteiger partial charge in [0.05, 0.1) is 17.3 Å². The van der Waals surface area contributed by atoms with Crippen molar-refractivity contribution >= 4 is 0 Å². The molecule has 1 atom stereocenters. The molecule has 0 aliphatic carbocycles. The van der Waals surface area contributed by atoms with Gasteiger partial charge in [-0.1, -0.05) is 0 Å². The van der Waals surface area contributed by atoms with Crippen molar-refractivity contribution in [2.24, 2.45) is 0 Å². The van der Waals surface area contributed by atoms with E-state index in [0.29, 0.717) is 12.8 Å². The normalized spacial score (nSPS) is 15.6. The standard InChI is InChI=1S/C12H24F2O2/c1-9(15-11(2,3)4)7-8-12(5,6)16-10(13)14/h9-10H,7-8H2,1-6H3. The molecule has 98 valence electrons. The summed E-state index contributed by atoms with van der Waals surface area (Å²) in [5, 5.41) is 0. The van der Waals surface area contributed by atoms with Crippen molar-refractivity contribution < 1.29 is 18.3 Å². The van der Waals surface area contributed by atoms with Crippen LogP contribution < -0.4 is 0 Å². The quantitative estimate of drug-likeness (QED) is 0.696. The first-order chi connectivity index (χ1) is 7.02. The van der Waals surface area contributed by atoms with E-state index in [1.807, 2.05) is 27.7 Å². The molecular formula is C12H24F2O2. The summed E-state index contributed by atoms with van der Waals surface area (Å²) in [6, 6.07) is 0. The molecule has 0 aliphatic heterocycles. The van der Waals surface area contributed by atoms with Crippen LogP contribution in [0.25, 0.3) is 0 Å². The van der Waals surface area contributed by atoms with Gasteiger partial charge in [-0.25, -0.2) is 0 Å². The average molecular weight is 238 g/mol. The summed E-state index contributed by atoms with van der Waals surface area (Å²) in [6.07, 6.45) is 1.30. The summed E-state index contributed by atoms with van der Waals surface area (Å²) in [7, 11) is 0. The number of ether oxygens (including phenoxy) is 2. The van der Waals surface area contributed by atoms with Gasteiger partial charge in [-0.3, -0.25) is 0 Å². The smallest absolute Gasteiger partial charge is 0.345 e. The number of hydrogen-bond donors (Lipinski definition) is 0. The molecule has 0 saturated heterocycles. The van der Waals surface area contributed by atoms with E-state index in [2.05, 4.69) is 4.74 Å². The van der Waals surface area contributed by atoms with Gasteiger partial charge in [0.15, 0.2) is 0 Å². The summed E-state index contributed by atoms with van der Waals surface area (Å²) >= 11 is 0. The first kappa shape index (κ1) is 15.8. The van der Waals surface area contributed by atoms with Gasteiger partial charge < -0.3 is 9.47 Å². The van der Waals surface area contributed by atoms with Crippen molar-refractivity contribution in [2.45, 2.75) is 78.3 Å². The van der Waals surface area contributed by atoms with Gasteiger partial charge in [-0.05, 0) is 54.4 Å². The highest BCUT2D eigenvalue weighted by molar-refractivity contribution is 4.71. The fraction of sp³-hybridized carbons (Fsp3) is 1.00. The lowest BCUT2D eigenvalue weighted by Crippen LogP contribution is -2.31. The minimum Gasteiger partial charge on any atom is -0.373 e. The zero-order valence-electron chi connectivity index (χ0n) is 11.1. The van der Waals surface area contributed by atoms with Gasteiger partial charge >= 0.3 is 6.61 Å². The molecule has 0 aromatic carbocycles. The Hall–Kier alpha value is -0.220. The van der Waals surface area contributed by atoms with E-state index in [1.54, 1.807) is 13.8 Å². The van der Waals surface area contributed by atoms with Gasteiger partial charge in [0.25, 0.3) is 0 Å². The van der Waals surface area contributed by atoms with Crippen molar-refractivity contribution in [3.8, 4) is 0 Å². The maximum absolute atomic E-state index is 12.1. The van der Waals surface area contributed by atoms with Crippen molar-refractivity contribution in [1.29, 1.82) is 0 Å². The first-order valence-electron chi connectivity index (χ1n) is 5.66. The highest BCUT2D eigenvalue weighted by atomic mass is 19.3. The van der Waals surface area contributed by atoms with Crippen LogP contribution in [0.4, 0.5) is 8.78 Å². The second-order valence-electron chi connectivity index (χ2n) is 5.72. The average Bonchev–Trinajstić information content (AvgIpc) is 1.95. The molecule has 0 bridgehead atoms. The van der Waals surface area contributed by atoms with Crippen LogP contribution in [0.5, 0.6) is 0 Å². The summed E-state index contributed by atoms with van der Waals surface area (Å²) < 4.78 is 34.4. The van der Waals surface area contributed by atoms with Gasteiger partial charge in [0.2, 0.25) is 0 Å². The van der Waals surface area contributed by atoms with Crippen LogP contribution in [0.2, 0.25) is 0 Å². The Morgan fingerprint density at radius 3 is 1.88 bits per heavy atom. The molecule has 0 N–H and O–H groups in total. The largest absolute Gasteiger partial charge is 0.373 e. The Morgan fingerprint density at radius 1 is 1.00 bits per heavy atom. The van der Waals surface area contributed by atoms with Crippen LogP contribution in [-0.2, 0) is 9.47 Å². The maximum Gasteiger partial charge on any atom is 0.345 e. The van der Waals surface area contributed by atoms with Gasteiger partial charge in [0, 0.05) is 0 Å². The monoisotopic (exact) mass is 238 g/mol. The van der Waals surface area contributed by atoms with E-state index in [1.165, 1.54) is 0 Å². The predicted molar refractivity (Wildman–Crippen MR) is 60.7 cm³/mol. The molecular weight excluding hydrogens is 214 g/mol. The molecule has 0 spiro atoms. The Kier molecular flexibility index (Phi) is 5.84. The van der Waals surface area contributed by atoms with Crippen LogP contribution in [0.1, 0.15) is 54.4 Å². The highest BCUT2D eigenvalue weighted by Gasteiger charge is 2.25. The summed E-state index contributed by atoms with van der Waals surface area (Å²) in [4.78, 5) is 0. The third-order valence-electron chi connectivity index (χ3n) is 2.12. The van der Waals surface area contributed by atoms with E-state index >= 15 is 0 Å². The molecule has 0 rings (SSSR count). The lowest BCUT2D eigenvalue weighted by atomic mass is 10.00. The lowest BCUT2D eigenvalue weighted by Gasteiger charge is -2.29. The van der Waals surface area contributed by atoms with E-state index in [9.17, 15) is 8.78 Å². The molecule has 0 fully saturated rings. The van der Waals surface area contributed by atoms with Gasteiger partial charge in [0.1, 0.15) is 0 Å². The zero-order chi connectivity index (χ0) is 13.0. The highest BCUT2D eigenvalue weighted by Crippen LogP contribution is 2.23. The van der Waals surface area contributed by atoms with E-state index in [4.69, 9.17) is 4.74 Å². The predicted octanol–water partition coefficient (Wildman–Crippen LogP) is 3.99. The molecule has 0 heterocycles. The van der Waals surface area contributed by atoms with Crippen LogP contribution in [0, 0.1) is 0 Å². The Morgan fingerprint density at radius 2 is 1.50 bits per heavy atom. The summed E-state index contributed by atoms with van der Waals surface area (Å²) in [5.74, 6) is 0. The molecule has 0 saturated carbocycles. The second-order valence-corrected chi connectivity index (χ2v) is 5.72. The minimum absolute atomic E-state index is 0.0422. The number of alkyl halides is 2. The molecule has 16 heavy (non-hydrogen) atoms. The van der Waals surface area contributed by atoms with Gasteiger partial charge in [-0.15, -0.1) is 0 Å². The molecule has 0 amide bonds. The Bertz CT molecular complexity index is 198. The fourth-order valence-electron chi connectivity index (χ4n) is 1.51. The summed E-state index contributed by atoms with van der Waals surface area (Å²) in [5.41, 5.74) is -1.00. The summed E-state index contributed by atoms with van der Waals surface area (Å²) in [6.45, 7) is 8.50. The van der Waals surface area contributed by atoms with Crippen LogP contribution >= 0.6 is 0 Å². The number of halogens is 2. The van der Waals surface area contributed by atoms with E-state index in [-0.39, 0.29) is 11.7 Å². The second kappa shape index (κ2) is 5.92. The van der Waals surface area contributed by atoms with E-state index < -0.39 is 12.2 Å². The third kappa shape index (κ3) is 9.04. The molecule has 0 aromatic rings. The SMILES string of the molecule is CC(CCC(C)(C)OC(F)F)OC(C)(C)C. The molecule has 0 radical (unpaired) electrons. The molecule has 1 unspecified atom stereocenters.